The van der Waals surface area contributed by atoms with E-state index in [1.165, 1.54) is 11.1 Å². The zero-order valence-corrected chi connectivity index (χ0v) is 11.7. The fourth-order valence-electron chi connectivity index (χ4n) is 2.74. The summed E-state index contributed by atoms with van der Waals surface area (Å²) in [7, 11) is 1.98. The summed E-state index contributed by atoms with van der Waals surface area (Å²) in [6, 6.07) is 8.33. The molecule has 104 valence electrons. The highest BCUT2D eigenvalue weighted by Crippen LogP contribution is 2.28. The van der Waals surface area contributed by atoms with E-state index in [1.54, 1.807) is 0 Å². The molecule has 1 heterocycles. The van der Waals surface area contributed by atoms with E-state index in [-0.39, 0.29) is 12.1 Å². The number of rotatable bonds is 4. The fourth-order valence-corrected chi connectivity index (χ4v) is 2.74. The van der Waals surface area contributed by atoms with Gasteiger partial charge in [0.05, 0.1) is 19.1 Å². The SMILES string of the molecule is Cc1ccccc1C(C)N(C)C1COCC1C(=O)O. The van der Waals surface area contributed by atoms with E-state index < -0.39 is 11.9 Å². The van der Waals surface area contributed by atoms with E-state index in [4.69, 9.17) is 4.74 Å². The Labute approximate surface area is 114 Å². The van der Waals surface area contributed by atoms with Crippen molar-refractivity contribution in [2.45, 2.75) is 25.9 Å². The Morgan fingerprint density at radius 1 is 1.42 bits per heavy atom. The van der Waals surface area contributed by atoms with Gasteiger partial charge in [0.1, 0.15) is 0 Å². The summed E-state index contributed by atoms with van der Waals surface area (Å²) >= 11 is 0. The highest BCUT2D eigenvalue weighted by atomic mass is 16.5. The molecule has 0 aromatic heterocycles. The Morgan fingerprint density at radius 2 is 2.11 bits per heavy atom. The first-order valence-corrected chi connectivity index (χ1v) is 6.60. The first-order valence-electron chi connectivity index (χ1n) is 6.60. The minimum absolute atomic E-state index is 0.0629. The summed E-state index contributed by atoms with van der Waals surface area (Å²) in [5, 5.41) is 9.23. The fraction of sp³-hybridized carbons (Fsp3) is 0.533. The van der Waals surface area contributed by atoms with Crippen LogP contribution in [0.15, 0.2) is 24.3 Å². The number of aliphatic carboxylic acids is 1. The summed E-state index contributed by atoms with van der Waals surface area (Å²) in [5.41, 5.74) is 2.47. The van der Waals surface area contributed by atoms with Gasteiger partial charge in [-0.2, -0.15) is 0 Å². The van der Waals surface area contributed by atoms with Gasteiger partial charge in [-0.15, -0.1) is 0 Å². The molecule has 0 aliphatic carbocycles. The van der Waals surface area contributed by atoms with Crippen LogP contribution in [0.2, 0.25) is 0 Å². The Balaban J connectivity index is 2.17. The van der Waals surface area contributed by atoms with E-state index in [2.05, 4.69) is 30.9 Å². The largest absolute Gasteiger partial charge is 0.481 e. The van der Waals surface area contributed by atoms with Crippen molar-refractivity contribution in [3.8, 4) is 0 Å². The van der Waals surface area contributed by atoms with Gasteiger partial charge in [-0.1, -0.05) is 24.3 Å². The molecule has 0 radical (unpaired) electrons. The molecule has 19 heavy (non-hydrogen) atoms. The third kappa shape index (κ3) is 2.80. The molecule has 1 N–H and O–H groups in total. The third-order valence-electron chi connectivity index (χ3n) is 4.14. The second kappa shape index (κ2) is 5.72. The number of carboxylic acid groups (broad SMARTS) is 1. The molecule has 4 heteroatoms. The minimum Gasteiger partial charge on any atom is -0.481 e. The van der Waals surface area contributed by atoms with Gasteiger partial charge in [-0.05, 0) is 32.0 Å². The van der Waals surface area contributed by atoms with Crippen molar-refractivity contribution < 1.29 is 14.6 Å². The number of carbonyl (C=O) groups is 1. The normalized spacial score (nSPS) is 24.6. The van der Waals surface area contributed by atoms with Crippen molar-refractivity contribution in [3.63, 3.8) is 0 Å². The summed E-state index contributed by atoms with van der Waals surface area (Å²) in [4.78, 5) is 13.4. The lowest BCUT2D eigenvalue weighted by Crippen LogP contribution is -2.42. The summed E-state index contributed by atoms with van der Waals surface area (Å²) in [5.74, 6) is -1.21. The lowest BCUT2D eigenvalue weighted by Gasteiger charge is -2.32. The smallest absolute Gasteiger partial charge is 0.310 e. The lowest BCUT2D eigenvalue weighted by atomic mass is 9.97. The van der Waals surface area contributed by atoms with Crippen LogP contribution in [0.4, 0.5) is 0 Å². The number of ether oxygens (including phenoxy) is 1. The van der Waals surface area contributed by atoms with Gasteiger partial charge >= 0.3 is 5.97 Å². The summed E-state index contributed by atoms with van der Waals surface area (Å²) in [6.07, 6.45) is 0. The second-order valence-electron chi connectivity index (χ2n) is 5.25. The summed E-state index contributed by atoms with van der Waals surface area (Å²) < 4.78 is 5.35. The predicted octanol–water partition coefficient (Wildman–Crippen LogP) is 2.09. The standard InChI is InChI=1S/C15H21NO3/c1-10-6-4-5-7-12(10)11(2)16(3)14-9-19-8-13(14)15(17)18/h4-7,11,13-14H,8-9H2,1-3H3,(H,17,18). The van der Waals surface area contributed by atoms with Crippen LogP contribution in [0.3, 0.4) is 0 Å². The average molecular weight is 263 g/mol. The maximum absolute atomic E-state index is 11.2. The van der Waals surface area contributed by atoms with Gasteiger partial charge < -0.3 is 9.84 Å². The molecule has 0 amide bonds. The molecule has 3 atom stereocenters. The highest BCUT2D eigenvalue weighted by molar-refractivity contribution is 5.71. The molecular weight excluding hydrogens is 242 g/mol. The van der Waals surface area contributed by atoms with Crippen LogP contribution < -0.4 is 0 Å². The Morgan fingerprint density at radius 3 is 2.74 bits per heavy atom. The summed E-state index contributed by atoms with van der Waals surface area (Å²) in [6.45, 7) is 4.99. The third-order valence-corrected chi connectivity index (χ3v) is 4.14. The predicted molar refractivity (Wildman–Crippen MR) is 73.1 cm³/mol. The monoisotopic (exact) mass is 263 g/mol. The Bertz CT molecular complexity index is 460. The number of aryl methyl sites for hydroxylation is 1. The Kier molecular flexibility index (Phi) is 4.22. The molecule has 1 aliphatic heterocycles. The molecule has 1 fully saturated rings. The molecule has 3 unspecified atom stereocenters. The number of hydrogen-bond acceptors (Lipinski definition) is 3. The number of hydrogen-bond donors (Lipinski definition) is 1. The van der Waals surface area contributed by atoms with Crippen LogP contribution in [-0.4, -0.2) is 42.3 Å². The van der Waals surface area contributed by atoms with Gasteiger partial charge in [0.2, 0.25) is 0 Å². The number of benzene rings is 1. The van der Waals surface area contributed by atoms with Crippen LogP contribution in [0.25, 0.3) is 0 Å². The molecular formula is C15H21NO3. The maximum Gasteiger partial charge on any atom is 0.310 e. The van der Waals surface area contributed by atoms with E-state index in [0.717, 1.165) is 0 Å². The van der Waals surface area contributed by atoms with Gasteiger partial charge in [-0.3, -0.25) is 9.69 Å². The molecule has 1 aliphatic rings. The van der Waals surface area contributed by atoms with Crippen molar-refractivity contribution in [2.24, 2.45) is 5.92 Å². The van der Waals surface area contributed by atoms with Gasteiger partial charge in [0.15, 0.2) is 0 Å². The van der Waals surface area contributed by atoms with Crippen LogP contribution in [0.5, 0.6) is 0 Å². The highest BCUT2D eigenvalue weighted by Gasteiger charge is 2.38. The van der Waals surface area contributed by atoms with Crippen molar-refractivity contribution in [2.75, 3.05) is 20.3 Å². The van der Waals surface area contributed by atoms with E-state index in [0.29, 0.717) is 13.2 Å². The van der Waals surface area contributed by atoms with Gasteiger partial charge in [0, 0.05) is 12.1 Å². The zero-order chi connectivity index (χ0) is 14.0. The molecule has 1 aromatic carbocycles. The molecule has 1 saturated heterocycles. The van der Waals surface area contributed by atoms with E-state index in [9.17, 15) is 9.90 Å². The van der Waals surface area contributed by atoms with Crippen molar-refractivity contribution in [1.82, 2.24) is 4.90 Å². The topological polar surface area (TPSA) is 49.8 Å². The first kappa shape index (κ1) is 14.0. The number of carboxylic acids is 1. The van der Waals surface area contributed by atoms with Crippen LogP contribution in [-0.2, 0) is 9.53 Å². The van der Waals surface area contributed by atoms with Gasteiger partial charge in [-0.25, -0.2) is 0 Å². The van der Waals surface area contributed by atoms with Crippen molar-refractivity contribution in [3.05, 3.63) is 35.4 Å². The van der Waals surface area contributed by atoms with Gasteiger partial charge in [0.25, 0.3) is 0 Å². The van der Waals surface area contributed by atoms with E-state index >= 15 is 0 Å². The number of likely N-dealkylation sites (N-methyl/N-ethyl adjacent to an activating group) is 1. The average Bonchev–Trinajstić information content (AvgIpc) is 2.87. The second-order valence-corrected chi connectivity index (χ2v) is 5.25. The van der Waals surface area contributed by atoms with Crippen LogP contribution in [0.1, 0.15) is 24.1 Å². The molecule has 2 rings (SSSR count). The van der Waals surface area contributed by atoms with Crippen molar-refractivity contribution >= 4 is 5.97 Å². The molecule has 1 aromatic rings. The van der Waals surface area contributed by atoms with Crippen LogP contribution >= 0.6 is 0 Å². The molecule has 0 saturated carbocycles. The number of nitrogens with zero attached hydrogens (tertiary/aromatic N) is 1. The van der Waals surface area contributed by atoms with Crippen LogP contribution in [0, 0.1) is 12.8 Å². The van der Waals surface area contributed by atoms with Crippen molar-refractivity contribution in [1.29, 1.82) is 0 Å². The maximum atomic E-state index is 11.2. The first-order chi connectivity index (χ1) is 9.02. The quantitative estimate of drug-likeness (QED) is 0.903. The zero-order valence-electron chi connectivity index (χ0n) is 11.7. The minimum atomic E-state index is -0.772. The molecule has 0 spiro atoms. The molecule has 0 bridgehead atoms. The lowest BCUT2D eigenvalue weighted by molar-refractivity contribution is -0.143. The van der Waals surface area contributed by atoms with E-state index in [1.807, 2.05) is 19.2 Å². The Hall–Kier alpha value is -1.39. The molecule has 4 nitrogen and oxygen atoms in total.